The highest BCUT2D eigenvalue weighted by atomic mass is 79.9. The number of hydrogen-bond acceptors (Lipinski definition) is 7. The van der Waals surface area contributed by atoms with Gasteiger partial charge in [0.05, 0.1) is 35.9 Å². The van der Waals surface area contributed by atoms with Gasteiger partial charge in [-0.25, -0.2) is 9.78 Å². The molecule has 3 rings (SSSR count). The number of hydrogen-bond donors (Lipinski definition) is 0. The summed E-state index contributed by atoms with van der Waals surface area (Å²) < 4.78 is 17.7. The van der Waals surface area contributed by atoms with E-state index in [0.717, 1.165) is 4.47 Å². The molecule has 1 aromatic heterocycles. The van der Waals surface area contributed by atoms with Gasteiger partial charge in [-0.3, -0.25) is 4.79 Å². The van der Waals surface area contributed by atoms with Gasteiger partial charge >= 0.3 is 5.97 Å². The quantitative estimate of drug-likeness (QED) is 0.325. The van der Waals surface area contributed by atoms with E-state index < -0.39 is 5.97 Å². The molecule has 0 aliphatic carbocycles. The van der Waals surface area contributed by atoms with E-state index in [-0.39, 0.29) is 22.9 Å². The van der Waals surface area contributed by atoms with Crippen LogP contribution in [0.5, 0.6) is 11.5 Å². The Hall–Kier alpha value is -2.91. The number of aromatic nitrogens is 2. The third-order valence-electron chi connectivity index (χ3n) is 4.41. The highest BCUT2D eigenvalue weighted by molar-refractivity contribution is 9.10. The van der Waals surface area contributed by atoms with Gasteiger partial charge in [0.1, 0.15) is 5.82 Å². The Morgan fingerprint density at radius 1 is 1.25 bits per heavy atom. The third-order valence-corrected chi connectivity index (χ3v) is 5.18. The fraction of sp³-hybridized carbons (Fsp3) is 0.273. The molecule has 0 aliphatic heterocycles. The minimum absolute atomic E-state index is 0.222. The molecule has 0 fully saturated rings. The fourth-order valence-corrected chi connectivity index (χ4v) is 3.56. The van der Waals surface area contributed by atoms with E-state index in [2.05, 4.69) is 30.8 Å². The third kappa shape index (κ3) is 5.28. The number of rotatable bonds is 8. The van der Waals surface area contributed by atoms with Crippen LogP contribution in [-0.4, -0.2) is 42.2 Å². The van der Waals surface area contributed by atoms with Crippen LogP contribution in [0.15, 0.2) is 44.7 Å². The van der Waals surface area contributed by atoms with E-state index >= 15 is 0 Å². The summed E-state index contributed by atoms with van der Waals surface area (Å²) in [4.78, 5) is 29.0. The van der Waals surface area contributed by atoms with E-state index in [1.165, 1.54) is 18.0 Å². The number of methoxy groups -OCH3 is 1. The summed E-state index contributed by atoms with van der Waals surface area (Å²) >= 11 is 9.74. The highest BCUT2D eigenvalue weighted by Crippen LogP contribution is 2.36. The van der Waals surface area contributed by atoms with Crippen LogP contribution in [0.4, 0.5) is 0 Å². The Bertz CT molecular complexity index is 1240. The van der Waals surface area contributed by atoms with Crippen molar-refractivity contribution in [3.8, 4) is 11.5 Å². The van der Waals surface area contributed by atoms with Crippen molar-refractivity contribution >= 4 is 50.6 Å². The number of esters is 1. The smallest absolute Gasteiger partial charge is 0.343 e. The Morgan fingerprint density at radius 3 is 2.72 bits per heavy atom. The van der Waals surface area contributed by atoms with Crippen molar-refractivity contribution in [2.45, 2.75) is 20.3 Å². The molecule has 10 heteroatoms. The maximum atomic E-state index is 13.0. The van der Waals surface area contributed by atoms with Crippen LogP contribution in [0.25, 0.3) is 10.9 Å². The van der Waals surface area contributed by atoms with Crippen LogP contribution in [0, 0.1) is 0 Å². The molecule has 168 valence electrons. The first-order valence-corrected chi connectivity index (χ1v) is 11.0. The molecule has 0 unspecified atom stereocenters. The molecular formula is C22H21BrClN3O5. The zero-order chi connectivity index (χ0) is 23.3. The topological polar surface area (TPSA) is 92.0 Å². The van der Waals surface area contributed by atoms with E-state index in [0.29, 0.717) is 41.1 Å². The molecule has 0 saturated carbocycles. The van der Waals surface area contributed by atoms with Gasteiger partial charge in [0.2, 0.25) is 0 Å². The summed E-state index contributed by atoms with van der Waals surface area (Å²) in [5, 5.41) is 5.04. The second kappa shape index (κ2) is 10.6. The molecule has 0 bridgehead atoms. The standard InChI is InChI=1S/C22H21BrClN3O5/c1-4-19-26-17-7-6-14(23)10-15(17)22(29)27(19)25-11-13-8-16(24)21(18(9-13)31-5-2)32-12-20(28)30-3/h6-11H,4-5,12H2,1-3H3. The normalized spacial score (nSPS) is 11.2. The van der Waals surface area contributed by atoms with Gasteiger partial charge in [-0.05, 0) is 42.8 Å². The SMILES string of the molecule is CCOc1cc(C=Nn2c(CC)nc3ccc(Br)cc3c2=O)cc(Cl)c1OCC(=O)OC. The van der Waals surface area contributed by atoms with Crippen molar-refractivity contribution in [1.29, 1.82) is 0 Å². The summed E-state index contributed by atoms with van der Waals surface area (Å²) in [7, 11) is 1.27. The molecule has 0 atom stereocenters. The lowest BCUT2D eigenvalue weighted by Gasteiger charge is -2.14. The molecule has 0 amide bonds. The Morgan fingerprint density at radius 2 is 2.03 bits per heavy atom. The summed E-state index contributed by atoms with van der Waals surface area (Å²) in [6.07, 6.45) is 2.01. The maximum absolute atomic E-state index is 13.0. The summed E-state index contributed by atoms with van der Waals surface area (Å²) in [5.41, 5.74) is 0.904. The molecule has 0 spiro atoms. The second-order valence-electron chi connectivity index (χ2n) is 6.53. The first-order chi connectivity index (χ1) is 15.4. The lowest BCUT2D eigenvalue weighted by Crippen LogP contribution is -2.22. The first-order valence-electron chi connectivity index (χ1n) is 9.79. The number of ether oxygens (including phenoxy) is 3. The molecule has 8 nitrogen and oxygen atoms in total. The maximum Gasteiger partial charge on any atom is 0.343 e. The molecule has 0 N–H and O–H groups in total. The average Bonchev–Trinajstić information content (AvgIpc) is 2.78. The molecule has 0 aliphatic rings. The number of fused-ring (bicyclic) bond motifs is 1. The molecule has 3 aromatic rings. The fourth-order valence-electron chi connectivity index (χ4n) is 2.92. The van der Waals surface area contributed by atoms with Crippen molar-refractivity contribution in [2.75, 3.05) is 20.3 Å². The monoisotopic (exact) mass is 521 g/mol. The lowest BCUT2D eigenvalue weighted by atomic mass is 10.2. The number of halogens is 2. The van der Waals surface area contributed by atoms with E-state index in [4.69, 9.17) is 21.1 Å². The number of carbonyl (C=O) groups excluding carboxylic acids is 1. The predicted molar refractivity (Wildman–Crippen MR) is 126 cm³/mol. The van der Waals surface area contributed by atoms with Crippen LogP contribution in [0.3, 0.4) is 0 Å². The second-order valence-corrected chi connectivity index (χ2v) is 7.86. The molecule has 0 radical (unpaired) electrons. The molecule has 0 saturated heterocycles. The molecular weight excluding hydrogens is 502 g/mol. The lowest BCUT2D eigenvalue weighted by molar-refractivity contribution is -0.142. The Labute approximate surface area is 197 Å². The van der Waals surface area contributed by atoms with E-state index in [1.54, 1.807) is 24.3 Å². The summed E-state index contributed by atoms with van der Waals surface area (Å²) in [5.74, 6) is 0.542. The van der Waals surface area contributed by atoms with Gasteiger partial charge in [-0.2, -0.15) is 9.78 Å². The number of nitrogens with zero attached hydrogens (tertiary/aromatic N) is 3. The van der Waals surface area contributed by atoms with Crippen molar-refractivity contribution < 1.29 is 19.0 Å². The van der Waals surface area contributed by atoms with Crippen LogP contribution >= 0.6 is 27.5 Å². The van der Waals surface area contributed by atoms with Crippen LogP contribution in [-0.2, 0) is 16.0 Å². The van der Waals surface area contributed by atoms with Crippen LogP contribution in [0.2, 0.25) is 5.02 Å². The van der Waals surface area contributed by atoms with Crippen LogP contribution < -0.4 is 15.0 Å². The van der Waals surface area contributed by atoms with E-state index in [9.17, 15) is 9.59 Å². The van der Waals surface area contributed by atoms with Crippen LogP contribution in [0.1, 0.15) is 25.2 Å². The number of carbonyl (C=O) groups is 1. The predicted octanol–water partition coefficient (Wildman–Crippen LogP) is 4.21. The van der Waals surface area contributed by atoms with Gasteiger partial charge in [0.15, 0.2) is 18.1 Å². The van der Waals surface area contributed by atoms with Crippen molar-refractivity contribution in [3.63, 3.8) is 0 Å². The summed E-state index contributed by atoms with van der Waals surface area (Å²) in [6.45, 7) is 3.76. The van der Waals surface area contributed by atoms with Crippen molar-refractivity contribution in [2.24, 2.45) is 5.10 Å². The van der Waals surface area contributed by atoms with Crippen molar-refractivity contribution in [3.05, 3.63) is 61.6 Å². The zero-order valence-electron chi connectivity index (χ0n) is 17.7. The molecule has 32 heavy (non-hydrogen) atoms. The molecule has 2 aromatic carbocycles. The van der Waals surface area contributed by atoms with Crippen molar-refractivity contribution in [1.82, 2.24) is 9.66 Å². The Kier molecular flexibility index (Phi) is 7.87. The summed E-state index contributed by atoms with van der Waals surface area (Å²) in [6, 6.07) is 8.60. The number of aryl methyl sites for hydroxylation is 1. The minimum Gasteiger partial charge on any atom is -0.490 e. The highest BCUT2D eigenvalue weighted by Gasteiger charge is 2.15. The number of benzene rings is 2. The minimum atomic E-state index is -0.545. The zero-order valence-corrected chi connectivity index (χ0v) is 20.1. The van der Waals surface area contributed by atoms with Gasteiger partial charge in [0, 0.05) is 10.9 Å². The van der Waals surface area contributed by atoms with Gasteiger partial charge < -0.3 is 14.2 Å². The first kappa shape index (κ1) is 23.7. The molecule has 1 heterocycles. The Balaban J connectivity index is 2.02. The largest absolute Gasteiger partial charge is 0.490 e. The van der Waals surface area contributed by atoms with Gasteiger partial charge in [0.25, 0.3) is 5.56 Å². The average molecular weight is 523 g/mol. The van der Waals surface area contributed by atoms with Gasteiger partial charge in [-0.1, -0.05) is 34.5 Å². The van der Waals surface area contributed by atoms with Gasteiger partial charge in [-0.15, -0.1) is 0 Å². The van der Waals surface area contributed by atoms with E-state index in [1.807, 2.05) is 19.9 Å².